The number of para-hydroxylation sites is 1. The molecule has 2 aromatic heterocycles. The van der Waals surface area contributed by atoms with Crippen LogP contribution in [0.2, 0.25) is 0 Å². The van der Waals surface area contributed by atoms with E-state index >= 15 is 0 Å². The lowest BCUT2D eigenvalue weighted by molar-refractivity contribution is -0.121. The molecule has 2 N–H and O–H groups in total. The van der Waals surface area contributed by atoms with Crippen molar-refractivity contribution in [2.75, 3.05) is 0 Å². The SMILES string of the molecule is Cn1nc(CC(=O)NNC(=O)c2ccc(COc3ccccc3)o2)c2ccccc2c1=O. The van der Waals surface area contributed by atoms with Gasteiger partial charge in [-0.05, 0) is 30.3 Å². The molecule has 4 rings (SSSR count). The number of hydrogen-bond acceptors (Lipinski definition) is 6. The number of hydrogen-bond donors (Lipinski definition) is 2. The van der Waals surface area contributed by atoms with Crippen molar-refractivity contribution in [1.82, 2.24) is 20.6 Å². The molecule has 2 amide bonds. The number of aryl methyl sites for hydroxylation is 1. The number of carbonyl (C=O) groups is 2. The molecule has 0 unspecified atom stereocenters. The maximum Gasteiger partial charge on any atom is 0.305 e. The van der Waals surface area contributed by atoms with Crippen molar-refractivity contribution >= 4 is 22.6 Å². The minimum atomic E-state index is -0.609. The monoisotopic (exact) mass is 432 g/mol. The van der Waals surface area contributed by atoms with Gasteiger partial charge in [0.2, 0.25) is 5.91 Å². The first-order valence-electron chi connectivity index (χ1n) is 9.82. The summed E-state index contributed by atoms with van der Waals surface area (Å²) in [5.41, 5.74) is 4.83. The van der Waals surface area contributed by atoms with Crippen LogP contribution in [-0.4, -0.2) is 21.6 Å². The van der Waals surface area contributed by atoms with Crippen LogP contribution in [-0.2, 0) is 24.9 Å². The molecule has 0 aliphatic rings. The number of nitrogens with one attached hydrogen (secondary N) is 2. The van der Waals surface area contributed by atoms with Gasteiger partial charge in [-0.2, -0.15) is 5.10 Å². The van der Waals surface area contributed by atoms with Crippen LogP contribution in [0, 0.1) is 0 Å². The Balaban J connectivity index is 1.34. The topological polar surface area (TPSA) is 115 Å². The smallest absolute Gasteiger partial charge is 0.305 e. The van der Waals surface area contributed by atoms with Gasteiger partial charge >= 0.3 is 5.91 Å². The van der Waals surface area contributed by atoms with E-state index in [4.69, 9.17) is 9.15 Å². The first-order valence-corrected chi connectivity index (χ1v) is 9.82. The van der Waals surface area contributed by atoms with E-state index < -0.39 is 11.8 Å². The summed E-state index contributed by atoms with van der Waals surface area (Å²) < 4.78 is 12.2. The minimum absolute atomic E-state index is 0.0302. The summed E-state index contributed by atoms with van der Waals surface area (Å²) in [7, 11) is 1.52. The van der Waals surface area contributed by atoms with E-state index in [0.29, 0.717) is 28.0 Å². The number of furan rings is 1. The fourth-order valence-corrected chi connectivity index (χ4v) is 3.14. The molecule has 0 atom stereocenters. The molecule has 9 heteroatoms. The van der Waals surface area contributed by atoms with E-state index in [1.165, 1.54) is 17.8 Å². The molecule has 0 saturated heterocycles. The molecular formula is C23H20N4O5. The zero-order valence-corrected chi connectivity index (χ0v) is 17.2. The van der Waals surface area contributed by atoms with Crippen molar-refractivity contribution in [3.63, 3.8) is 0 Å². The lowest BCUT2D eigenvalue weighted by Crippen LogP contribution is -2.42. The predicted molar refractivity (Wildman–Crippen MR) is 116 cm³/mol. The number of aromatic nitrogens is 2. The van der Waals surface area contributed by atoms with Gasteiger partial charge in [0.05, 0.1) is 17.5 Å². The van der Waals surface area contributed by atoms with Crippen LogP contribution in [0.1, 0.15) is 22.0 Å². The van der Waals surface area contributed by atoms with E-state index in [0.717, 1.165) is 0 Å². The van der Waals surface area contributed by atoms with Crippen LogP contribution in [0.3, 0.4) is 0 Å². The highest BCUT2D eigenvalue weighted by atomic mass is 16.5. The van der Waals surface area contributed by atoms with Gasteiger partial charge in [-0.1, -0.05) is 36.4 Å². The van der Waals surface area contributed by atoms with Crippen LogP contribution < -0.4 is 21.1 Å². The molecule has 0 aliphatic heterocycles. The van der Waals surface area contributed by atoms with E-state index in [1.54, 1.807) is 30.3 Å². The number of fused-ring (bicyclic) bond motifs is 1. The molecule has 2 aromatic carbocycles. The summed E-state index contributed by atoms with van der Waals surface area (Å²) in [5, 5.41) is 5.23. The Labute approximate surface area is 182 Å². The normalized spacial score (nSPS) is 10.7. The molecule has 2 heterocycles. The fourth-order valence-electron chi connectivity index (χ4n) is 3.14. The molecule has 0 fully saturated rings. The van der Waals surface area contributed by atoms with Crippen LogP contribution in [0.25, 0.3) is 10.8 Å². The summed E-state index contributed by atoms with van der Waals surface area (Å²) in [6.07, 6.45) is -0.122. The third kappa shape index (κ3) is 4.67. The molecule has 162 valence electrons. The zero-order chi connectivity index (χ0) is 22.5. The molecule has 4 aromatic rings. The van der Waals surface area contributed by atoms with Crippen molar-refractivity contribution in [2.24, 2.45) is 7.05 Å². The van der Waals surface area contributed by atoms with E-state index in [9.17, 15) is 14.4 Å². The molecular weight excluding hydrogens is 412 g/mol. The second-order valence-corrected chi connectivity index (χ2v) is 6.97. The van der Waals surface area contributed by atoms with Gasteiger partial charge < -0.3 is 9.15 Å². The van der Waals surface area contributed by atoms with E-state index in [2.05, 4.69) is 16.0 Å². The van der Waals surface area contributed by atoms with Gasteiger partial charge in [-0.3, -0.25) is 25.2 Å². The molecule has 0 radical (unpaired) electrons. The highest BCUT2D eigenvalue weighted by molar-refractivity contribution is 5.94. The average Bonchev–Trinajstić information content (AvgIpc) is 3.29. The third-order valence-corrected chi connectivity index (χ3v) is 4.69. The Bertz CT molecular complexity index is 1330. The molecule has 0 saturated carbocycles. The Hall–Kier alpha value is -4.40. The van der Waals surface area contributed by atoms with Gasteiger partial charge in [-0.15, -0.1) is 0 Å². The van der Waals surface area contributed by atoms with Gasteiger partial charge in [0.25, 0.3) is 5.56 Å². The first-order chi connectivity index (χ1) is 15.5. The Morgan fingerprint density at radius 2 is 1.69 bits per heavy atom. The van der Waals surface area contributed by atoms with E-state index in [1.807, 2.05) is 30.3 Å². The van der Waals surface area contributed by atoms with Crippen LogP contribution in [0.5, 0.6) is 5.75 Å². The van der Waals surface area contributed by atoms with Gasteiger partial charge in [0.1, 0.15) is 18.1 Å². The van der Waals surface area contributed by atoms with Gasteiger partial charge in [0.15, 0.2) is 5.76 Å². The Morgan fingerprint density at radius 1 is 0.969 bits per heavy atom. The zero-order valence-electron chi connectivity index (χ0n) is 17.2. The molecule has 0 aliphatic carbocycles. The maximum atomic E-state index is 12.3. The largest absolute Gasteiger partial charge is 0.486 e. The molecule has 0 spiro atoms. The second kappa shape index (κ2) is 9.17. The first kappa shape index (κ1) is 20.9. The van der Waals surface area contributed by atoms with Crippen molar-refractivity contribution in [3.8, 4) is 5.75 Å². The highest BCUT2D eigenvalue weighted by Gasteiger charge is 2.15. The number of amides is 2. The summed E-state index contributed by atoms with van der Waals surface area (Å²) >= 11 is 0. The highest BCUT2D eigenvalue weighted by Crippen LogP contribution is 2.15. The quantitative estimate of drug-likeness (QED) is 0.451. The predicted octanol–water partition coefficient (Wildman–Crippen LogP) is 2.11. The average molecular weight is 432 g/mol. The van der Waals surface area contributed by atoms with Gasteiger partial charge in [-0.25, -0.2) is 4.68 Å². The lowest BCUT2D eigenvalue weighted by Gasteiger charge is -2.09. The lowest BCUT2D eigenvalue weighted by atomic mass is 10.1. The molecule has 0 bridgehead atoms. The van der Waals surface area contributed by atoms with Crippen LogP contribution in [0.4, 0.5) is 0 Å². The Kier molecular flexibility index (Phi) is 5.98. The van der Waals surface area contributed by atoms with Crippen molar-refractivity contribution < 1.29 is 18.7 Å². The number of carbonyl (C=O) groups excluding carboxylic acids is 2. The Morgan fingerprint density at radius 3 is 2.47 bits per heavy atom. The summed E-state index contributed by atoms with van der Waals surface area (Å²) in [6, 6.07) is 19.3. The third-order valence-electron chi connectivity index (χ3n) is 4.69. The number of rotatable bonds is 6. The fraction of sp³-hybridized carbons (Fsp3) is 0.130. The number of ether oxygens (including phenoxy) is 1. The summed E-state index contributed by atoms with van der Waals surface area (Å²) in [5.74, 6) is 0.0759. The number of nitrogens with zero attached hydrogens (tertiary/aromatic N) is 2. The van der Waals surface area contributed by atoms with Crippen LogP contribution >= 0.6 is 0 Å². The summed E-state index contributed by atoms with van der Waals surface area (Å²) in [4.78, 5) is 36.8. The number of benzene rings is 2. The van der Waals surface area contributed by atoms with Crippen molar-refractivity contribution in [3.05, 3.63) is 94.3 Å². The van der Waals surface area contributed by atoms with Gasteiger partial charge in [0, 0.05) is 12.4 Å². The van der Waals surface area contributed by atoms with Crippen molar-refractivity contribution in [1.29, 1.82) is 0 Å². The second-order valence-electron chi connectivity index (χ2n) is 6.97. The van der Waals surface area contributed by atoms with Crippen LogP contribution in [0.15, 0.2) is 75.9 Å². The summed E-state index contributed by atoms with van der Waals surface area (Å²) in [6.45, 7) is 0.162. The van der Waals surface area contributed by atoms with Crippen molar-refractivity contribution in [2.45, 2.75) is 13.0 Å². The molecule has 9 nitrogen and oxygen atoms in total. The van der Waals surface area contributed by atoms with E-state index in [-0.39, 0.29) is 24.3 Å². The molecule has 32 heavy (non-hydrogen) atoms. The maximum absolute atomic E-state index is 12.3. The minimum Gasteiger partial charge on any atom is -0.486 e. The standard InChI is InChI=1S/C23H20N4O5/c1-27-23(30)18-10-6-5-9-17(18)19(26-27)13-21(28)24-25-22(29)20-12-11-16(32-20)14-31-15-7-3-2-4-8-15/h2-12H,13-14H2,1H3,(H,24,28)(H,25,29). The number of hydrazine groups is 1.